The highest BCUT2D eigenvalue weighted by molar-refractivity contribution is 7.08. The molecule has 5 rings (SSSR count). The fourth-order valence-electron chi connectivity index (χ4n) is 3.81. The van der Waals surface area contributed by atoms with Gasteiger partial charge in [-0.15, -0.1) is 5.10 Å². The molecule has 0 aliphatic heterocycles. The number of hydrogen-bond donors (Lipinski definition) is 0. The van der Waals surface area contributed by atoms with Crippen molar-refractivity contribution in [2.45, 2.75) is 32.7 Å². The van der Waals surface area contributed by atoms with Gasteiger partial charge in [-0.1, -0.05) is 29.5 Å². The molecule has 4 aromatic rings. The highest BCUT2D eigenvalue weighted by Gasteiger charge is 2.17. The Labute approximate surface area is 162 Å². The van der Waals surface area contributed by atoms with E-state index in [0.29, 0.717) is 6.54 Å². The molecule has 27 heavy (non-hydrogen) atoms. The van der Waals surface area contributed by atoms with E-state index in [-0.39, 0.29) is 0 Å². The van der Waals surface area contributed by atoms with E-state index in [0.717, 1.165) is 35.5 Å². The second-order valence-electron chi connectivity index (χ2n) is 7.06. The molecule has 0 bridgehead atoms. The topological polar surface area (TPSA) is 43.6 Å². The van der Waals surface area contributed by atoms with E-state index in [1.165, 1.54) is 28.7 Å². The Bertz CT molecular complexity index is 1100. The minimum absolute atomic E-state index is 0.699. The van der Waals surface area contributed by atoms with Crippen LogP contribution >= 0.6 is 11.3 Å². The number of aryl methyl sites for hydroxylation is 3. The third-order valence-corrected chi connectivity index (χ3v) is 5.93. The van der Waals surface area contributed by atoms with Gasteiger partial charge >= 0.3 is 0 Å². The number of nitrogens with zero attached hydrogens (tertiary/aromatic N) is 4. The molecule has 0 spiro atoms. The molecule has 4 nitrogen and oxygen atoms in total. The maximum absolute atomic E-state index is 5.01. The molecule has 0 unspecified atom stereocenters. The number of thiophene rings is 1. The molecule has 0 fully saturated rings. The lowest BCUT2D eigenvalue weighted by Crippen LogP contribution is -2.06. The van der Waals surface area contributed by atoms with E-state index in [1.54, 1.807) is 11.3 Å². The van der Waals surface area contributed by atoms with Crippen LogP contribution in [0.3, 0.4) is 0 Å². The van der Waals surface area contributed by atoms with E-state index >= 15 is 0 Å². The van der Waals surface area contributed by atoms with E-state index < -0.39 is 0 Å². The molecule has 1 aliphatic carbocycles. The highest BCUT2D eigenvalue weighted by Crippen LogP contribution is 2.32. The van der Waals surface area contributed by atoms with Gasteiger partial charge in [0.15, 0.2) is 0 Å². The van der Waals surface area contributed by atoms with Crippen molar-refractivity contribution in [3.8, 4) is 22.5 Å². The fourth-order valence-corrected chi connectivity index (χ4v) is 4.46. The average molecular weight is 372 g/mol. The second-order valence-corrected chi connectivity index (χ2v) is 7.84. The molecule has 0 saturated heterocycles. The van der Waals surface area contributed by atoms with Crippen LogP contribution in [-0.2, 0) is 19.4 Å². The molecule has 0 N–H and O–H groups in total. The van der Waals surface area contributed by atoms with Crippen molar-refractivity contribution in [1.29, 1.82) is 0 Å². The molecule has 0 saturated carbocycles. The van der Waals surface area contributed by atoms with Crippen molar-refractivity contribution in [3.05, 3.63) is 75.7 Å². The predicted molar refractivity (Wildman–Crippen MR) is 109 cm³/mol. The van der Waals surface area contributed by atoms with Gasteiger partial charge in [0, 0.05) is 22.2 Å². The summed E-state index contributed by atoms with van der Waals surface area (Å²) in [6.45, 7) is 2.80. The Balaban J connectivity index is 1.49. The minimum atomic E-state index is 0.699. The van der Waals surface area contributed by atoms with Gasteiger partial charge in [-0.2, -0.15) is 11.3 Å². The minimum Gasteiger partial charge on any atom is -0.252 e. The zero-order valence-corrected chi connectivity index (χ0v) is 16.0. The lowest BCUT2D eigenvalue weighted by Gasteiger charge is -2.13. The first-order valence-electron chi connectivity index (χ1n) is 9.28. The zero-order valence-electron chi connectivity index (χ0n) is 15.2. The van der Waals surface area contributed by atoms with E-state index in [1.807, 2.05) is 10.9 Å². The third kappa shape index (κ3) is 3.08. The van der Waals surface area contributed by atoms with Crippen LogP contribution < -0.4 is 0 Å². The molecule has 1 aromatic carbocycles. The number of hydrogen-bond acceptors (Lipinski definition) is 4. The van der Waals surface area contributed by atoms with Crippen LogP contribution in [0.15, 0.2) is 53.4 Å². The fraction of sp³-hybridized carbons (Fsp3) is 0.227. The summed E-state index contributed by atoms with van der Waals surface area (Å²) in [5, 5.41) is 12.8. The average Bonchev–Trinajstić information content (AvgIpc) is 3.33. The SMILES string of the molecule is Cc1nc2c(cc1Cn1cc(-c3ccsc3)nn1)CCCc1ccccc1-2. The van der Waals surface area contributed by atoms with Gasteiger partial charge < -0.3 is 0 Å². The Kier molecular flexibility index (Phi) is 4.09. The zero-order chi connectivity index (χ0) is 18.2. The summed E-state index contributed by atoms with van der Waals surface area (Å²) in [4.78, 5) is 5.01. The molecule has 0 atom stereocenters. The number of fused-ring (bicyclic) bond motifs is 3. The number of benzene rings is 1. The summed E-state index contributed by atoms with van der Waals surface area (Å²) in [6, 6.07) is 13.1. The van der Waals surface area contributed by atoms with Crippen molar-refractivity contribution >= 4 is 11.3 Å². The van der Waals surface area contributed by atoms with Gasteiger partial charge in [0.25, 0.3) is 0 Å². The summed E-state index contributed by atoms with van der Waals surface area (Å²) in [7, 11) is 0. The number of rotatable bonds is 3. The van der Waals surface area contributed by atoms with E-state index in [9.17, 15) is 0 Å². The van der Waals surface area contributed by atoms with Crippen LogP contribution in [0.1, 0.15) is 28.8 Å². The first kappa shape index (κ1) is 16.4. The molecular weight excluding hydrogens is 352 g/mol. The summed E-state index contributed by atoms with van der Waals surface area (Å²) in [5.41, 5.74) is 9.53. The molecular formula is C22H20N4S. The largest absolute Gasteiger partial charge is 0.252 e. The predicted octanol–water partition coefficient (Wildman–Crippen LogP) is 4.91. The van der Waals surface area contributed by atoms with Gasteiger partial charge in [0.1, 0.15) is 5.69 Å². The van der Waals surface area contributed by atoms with Crippen LogP contribution in [0, 0.1) is 6.92 Å². The normalized spacial score (nSPS) is 13.1. The molecule has 0 radical (unpaired) electrons. The highest BCUT2D eigenvalue weighted by atomic mass is 32.1. The summed E-state index contributed by atoms with van der Waals surface area (Å²) < 4.78 is 1.91. The molecule has 5 heteroatoms. The van der Waals surface area contributed by atoms with Crippen LogP contribution in [0.5, 0.6) is 0 Å². The van der Waals surface area contributed by atoms with Crippen molar-refractivity contribution in [2.24, 2.45) is 0 Å². The smallest absolute Gasteiger partial charge is 0.113 e. The van der Waals surface area contributed by atoms with Crippen LogP contribution in [0.25, 0.3) is 22.5 Å². The van der Waals surface area contributed by atoms with Gasteiger partial charge in [-0.25, -0.2) is 4.68 Å². The van der Waals surface area contributed by atoms with Gasteiger partial charge in [0.2, 0.25) is 0 Å². The molecule has 0 amide bonds. The Morgan fingerprint density at radius 1 is 1.11 bits per heavy atom. The summed E-state index contributed by atoms with van der Waals surface area (Å²) in [6.07, 6.45) is 5.37. The quantitative estimate of drug-likeness (QED) is 0.513. The molecule has 1 aliphatic rings. The first-order valence-corrected chi connectivity index (χ1v) is 10.2. The lowest BCUT2D eigenvalue weighted by atomic mass is 10.00. The van der Waals surface area contributed by atoms with Crippen molar-refractivity contribution in [1.82, 2.24) is 20.0 Å². The summed E-state index contributed by atoms with van der Waals surface area (Å²) in [5.74, 6) is 0. The third-order valence-electron chi connectivity index (χ3n) is 5.25. The molecule has 3 aromatic heterocycles. The van der Waals surface area contributed by atoms with Gasteiger partial charge in [0.05, 0.1) is 18.4 Å². The maximum atomic E-state index is 5.01. The van der Waals surface area contributed by atoms with E-state index in [2.05, 4.69) is 64.4 Å². The first-order chi connectivity index (χ1) is 13.3. The van der Waals surface area contributed by atoms with Crippen LogP contribution in [-0.4, -0.2) is 20.0 Å². The van der Waals surface area contributed by atoms with Gasteiger partial charge in [-0.05, 0) is 60.4 Å². The van der Waals surface area contributed by atoms with Crippen molar-refractivity contribution in [3.63, 3.8) is 0 Å². The van der Waals surface area contributed by atoms with Crippen molar-refractivity contribution < 1.29 is 0 Å². The molecule has 134 valence electrons. The van der Waals surface area contributed by atoms with E-state index in [4.69, 9.17) is 4.98 Å². The monoisotopic (exact) mass is 372 g/mol. The standard InChI is InChI=1S/C22H20N4S/c1-15-19(12-26-13-21(24-25-26)18-9-10-27-14-18)11-17-7-4-6-16-5-2-3-8-20(16)22(17)23-15/h2-3,5,8-11,13-14H,4,6-7,12H2,1H3. The van der Waals surface area contributed by atoms with Crippen molar-refractivity contribution in [2.75, 3.05) is 0 Å². The Morgan fingerprint density at radius 2 is 2.00 bits per heavy atom. The van der Waals surface area contributed by atoms with Crippen LogP contribution in [0.2, 0.25) is 0 Å². The Hall–Kier alpha value is -2.79. The summed E-state index contributed by atoms with van der Waals surface area (Å²) >= 11 is 1.67. The lowest BCUT2D eigenvalue weighted by molar-refractivity contribution is 0.644. The van der Waals surface area contributed by atoms with Crippen LogP contribution in [0.4, 0.5) is 0 Å². The Morgan fingerprint density at radius 3 is 2.89 bits per heavy atom. The number of pyridine rings is 1. The van der Waals surface area contributed by atoms with Gasteiger partial charge in [-0.3, -0.25) is 4.98 Å². The second kappa shape index (κ2) is 6.74. The maximum Gasteiger partial charge on any atom is 0.113 e. The number of aromatic nitrogens is 4. The molecule has 3 heterocycles.